The van der Waals surface area contributed by atoms with E-state index in [9.17, 15) is 14.0 Å². The van der Waals surface area contributed by atoms with Gasteiger partial charge in [-0.05, 0) is 30.7 Å². The lowest BCUT2D eigenvalue weighted by molar-refractivity contribution is -0.117. The van der Waals surface area contributed by atoms with Crippen LogP contribution in [-0.2, 0) is 4.79 Å². The maximum absolute atomic E-state index is 13.7. The van der Waals surface area contributed by atoms with E-state index in [0.717, 1.165) is 0 Å². The summed E-state index contributed by atoms with van der Waals surface area (Å²) in [7, 11) is 0. The van der Waals surface area contributed by atoms with Crippen LogP contribution in [0, 0.1) is 5.82 Å². The molecule has 0 bridgehead atoms. The number of para-hydroxylation sites is 1. The summed E-state index contributed by atoms with van der Waals surface area (Å²) in [5.74, 6) is -1.45. The zero-order valence-corrected chi connectivity index (χ0v) is 14.3. The molecule has 0 aliphatic rings. The van der Waals surface area contributed by atoms with Gasteiger partial charge in [0, 0.05) is 11.1 Å². The molecule has 0 radical (unpaired) electrons. The van der Waals surface area contributed by atoms with Gasteiger partial charge >= 0.3 is 0 Å². The van der Waals surface area contributed by atoms with E-state index in [2.05, 4.69) is 5.32 Å². The number of hydrogen-bond donors (Lipinski definition) is 1. The zero-order valence-electron chi connectivity index (χ0n) is 14.3. The van der Waals surface area contributed by atoms with Crippen molar-refractivity contribution in [1.82, 2.24) is 0 Å². The predicted octanol–water partition coefficient (Wildman–Crippen LogP) is 4.80. The molecule has 4 heteroatoms. The number of carbonyl (C=O) groups is 2. The monoisotopic (exact) mass is 347 g/mol. The molecular weight excluding hydrogens is 329 g/mol. The standard InChI is InChI=1S/C22H18FNO2/c1-15(22(26)24-20-13-6-5-12-19(20)23)17-10-7-11-18(14-17)21(25)16-8-3-2-4-9-16/h2-15H,1H3,(H,24,26)/t15-/m0/s1. The molecule has 1 atom stereocenters. The van der Waals surface area contributed by atoms with Crippen LogP contribution in [-0.4, -0.2) is 11.7 Å². The summed E-state index contributed by atoms with van der Waals surface area (Å²) in [6.45, 7) is 1.72. The van der Waals surface area contributed by atoms with E-state index in [4.69, 9.17) is 0 Å². The maximum Gasteiger partial charge on any atom is 0.231 e. The summed E-state index contributed by atoms with van der Waals surface area (Å²) in [6.07, 6.45) is 0. The van der Waals surface area contributed by atoms with Crippen molar-refractivity contribution in [3.63, 3.8) is 0 Å². The van der Waals surface area contributed by atoms with E-state index in [1.165, 1.54) is 12.1 Å². The second kappa shape index (κ2) is 7.74. The van der Waals surface area contributed by atoms with Crippen LogP contribution in [0.4, 0.5) is 10.1 Å². The first-order valence-corrected chi connectivity index (χ1v) is 8.31. The molecular formula is C22H18FNO2. The van der Waals surface area contributed by atoms with Gasteiger partial charge in [0.1, 0.15) is 5.82 Å². The van der Waals surface area contributed by atoms with Gasteiger partial charge in [0.15, 0.2) is 5.78 Å². The number of benzene rings is 3. The molecule has 0 unspecified atom stereocenters. The minimum Gasteiger partial charge on any atom is -0.323 e. The van der Waals surface area contributed by atoms with Gasteiger partial charge in [-0.1, -0.05) is 60.7 Å². The van der Waals surface area contributed by atoms with E-state index in [-0.39, 0.29) is 17.4 Å². The largest absolute Gasteiger partial charge is 0.323 e. The van der Waals surface area contributed by atoms with Crippen LogP contribution in [0.5, 0.6) is 0 Å². The molecule has 26 heavy (non-hydrogen) atoms. The Morgan fingerprint density at radius 2 is 1.50 bits per heavy atom. The Labute approximate surface area is 151 Å². The number of rotatable bonds is 5. The summed E-state index contributed by atoms with van der Waals surface area (Å²) in [6, 6.07) is 22.0. The first-order valence-electron chi connectivity index (χ1n) is 8.31. The molecule has 130 valence electrons. The first-order chi connectivity index (χ1) is 12.6. The molecule has 3 nitrogen and oxygen atoms in total. The highest BCUT2D eigenvalue weighted by atomic mass is 19.1. The fourth-order valence-electron chi connectivity index (χ4n) is 2.66. The van der Waals surface area contributed by atoms with Gasteiger partial charge in [-0.15, -0.1) is 0 Å². The fraction of sp³-hybridized carbons (Fsp3) is 0.0909. The Hall–Kier alpha value is -3.27. The topological polar surface area (TPSA) is 46.2 Å². The second-order valence-corrected chi connectivity index (χ2v) is 6.01. The Kier molecular flexibility index (Phi) is 5.23. The van der Waals surface area contributed by atoms with Gasteiger partial charge in [0.25, 0.3) is 0 Å². The van der Waals surface area contributed by atoms with Crippen molar-refractivity contribution in [1.29, 1.82) is 0 Å². The van der Waals surface area contributed by atoms with E-state index < -0.39 is 11.7 Å². The molecule has 3 aromatic rings. The Morgan fingerprint density at radius 3 is 2.23 bits per heavy atom. The lowest BCUT2D eigenvalue weighted by Gasteiger charge is -2.14. The highest BCUT2D eigenvalue weighted by molar-refractivity contribution is 6.09. The summed E-state index contributed by atoms with van der Waals surface area (Å²) in [4.78, 5) is 25.0. The predicted molar refractivity (Wildman–Crippen MR) is 99.8 cm³/mol. The van der Waals surface area contributed by atoms with Gasteiger partial charge < -0.3 is 5.32 Å². The lowest BCUT2D eigenvalue weighted by atomic mass is 9.95. The zero-order chi connectivity index (χ0) is 18.5. The minimum atomic E-state index is -0.530. The van der Waals surface area contributed by atoms with Gasteiger partial charge in [-0.25, -0.2) is 4.39 Å². The Balaban J connectivity index is 1.80. The van der Waals surface area contributed by atoms with Crippen molar-refractivity contribution < 1.29 is 14.0 Å². The van der Waals surface area contributed by atoms with Crippen molar-refractivity contribution in [2.45, 2.75) is 12.8 Å². The van der Waals surface area contributed by atoms with Crippen LogP contribution >= 0.6 is 0 Å². The van der Waals surface area contributed by atoms with Crippen LogP contribution in [0.15, 0.2) is 78.9 Å². The molecule has 0 aromatic heterocycles. The average molecular weight is 347 g/mol. The van der Waals surface area contributed by atoms with Gasteiger partial charge in [-0.2, -0.15) is 0 Å². The average Bonchev–Trinajstić information content (AvgIpc) is 2.69. The van der Waals surface area contributed by atoms with Crippen molar-refractivity contribution >= 4 is 17.4 Å². The smallest absolute Gasteiger partial charge is 0.231 e. The van der Waals surface area contributed by atoms with Gasteiger partial charge in [-0.3, -0.25) is 9.59 Å². The van der Waals surface area contributed by atoms with Gasteiger partial charge in [0.05, 0.1) is 11.6 Å². The lowest BCUT2D eigenvalue weighted by Crippen LogP contribution is -2.19. The molecule has 3 aromatic carbocycles. The molecule has 0 saturated heterocycles. The molecule has 0 heterocycles. The fourth-order valence-corrected chi connectivity index (χ4v) is 2.66. The number of ketones is 1. The SMILES string of the molecule is C[C@H](C(=O)Nc1ccccc1F)c1cccc(C(=O)c2ccccc2)c1. The molecule has 0 spiro atoms. The summed E-state index contributed by atoms with van der Waals surface area (Å²) in [5.41, 5.74) is 1.94. The van der Waals surface area contributed by atoms with E-state index in [1.807, 2.05) is 18.2 Å². The number of amides is 1. The normalized spacial score (nSPS) is 11.6. The van der Waals surface area contributed by atoms with Crippen LogP contribution in [0.2, 0.25) is 0 Å². The van der Waals surface area contributed by atoms with Crippen LogP contribution in [0.25, 0.3) is 0 Å². The maximum atomic E-state index is 13.7. The van der Waals surface area contributed by atoms with Crippen LogP contribution in [0.1, 0.15) is 34.3 Å². The summed E-state index contributed by atoms with van der Waals surface area (Å²) >= 11 is 0. The highest BCUT2D eigenvalue weighted by Crippen LogP contribution is 2.21. The molecule has 3 rings (SSSR count). The van der Waals surface area contributed by atoms with Gasteiger partial charge in [0.2, 0.25) is 5.91 Å². The minimum absolute atomic E-state index is 0.103. The number of hydrogen-bond acceptors (Lipinski definition) is 2. The Bertz CT molecular complexity index is 938. The molecule has 0 aliphatic heterocycles. The third-order valence-electron chi connectivity index (χ3n) is 4.21. The van der Waals surface area contributed by atoms with Crippen molar-refractivity contribution in [2.24, 2.45) is 0 Å². The third kappa shape index (κ3) is 3.86. The molecule has 1 N–H and O–H groups in total. The summed E-state index contributed by atoms with van der Waals surface area (Å²) < 4.78 is 13.7. The third-order valence-corrected chi connectivity index (χ3v) is 4.21. The van der Waals surface area contributed by atoms with Crippen LogP contribution in [0.3, 0.4) is 0 Å². The highest BCUT2D eigenvalue weighted by Gasteiger charge is 2.18. The van der Waals surface area contributed by atoms with E-state index in [1.54, 1.807) is 55.5 Å². The molecule has 0 aliphatic carbocycles. The second-order valence-electron chi connectivity index (χ2n) is 6.01. The number of carbonyl (C=O) groups excluding carboxylic acids is 2. The number of halogens is 1. The molecule has 1 amide bonds. The molecule has 0 fully saturated rings. The van der Waals surface area contributed by atoms with Crippen molar-refractivity contribution in [3.05, 3.63) is 101 Å². The van der Waals surface area contributed by atoms with E-state index in [0.29, 0.717) is 16.7 Å². The molecule has 0 saturated carbocycles. The summed E-state index contributed by atoms with van der Waals surface area (Å²) in [5, 5.41) is 2.59. The number of nitrogens with one attached hydrogen (secondary N) is 1. The first kappa shape index (κ1) is 17.5. The van der Waals surface area contributed by atoms with Crippen molar-refractivity contribution in [3.8, 4) is 0 Å². The number of anilines is 1. The van der Waals surface area contributed by atoms with Crippen LogP contribution < -0.4 is 5.32 Å². The van der Waals surface area contributed by atoms with E-state index >= 15 is 0 Å². The van der Waals surface area contributed by atoms with Crippen molar-refractivity contribution in [2.75, 3.05) is 5.32 Å². The Morgan fingerprint density at radius 1 is 0.846 bits per heavy atom. The quantitative estimate of drug-likeness (QED) is 0.674.